The molecule has 0 amide bonds. The maximum atomic E-state index is 5.00. The highest BCUT2D eigenvalue weighted by Gasteiger charge is 2.18. The number of rotatable bonds is 7. The van der Waals surface area contributed by atoms with Crippen LogP contribution in [0, 0.1) is 0 Å². The first kappa shape index (κ1) is 35.5. The van der Waals surface area contributed by atoms with Crippen LogP contribution in [0.15, 0.2) is 224 Å². The van der Waals surface area contributed by atoms with Crippen LogP contribution in [0.3, 0.4) is 0 Å². The van der Waals surface area contributed by atoms with Gasteiger partial charge in [-0.05, 0) is 71.3 Å². The number of para-hydroxylation sites is 4. The second-order valence-electron chi connectivity index (χ2n) is 15.6. The molecule has 0 unspecified atom stereocenters. The highest BCUT2D eigenvalue weighted by Crippen LogP contribution is 2.40. The molecular weight excluding hydrogens is 755 g/mol. The third-order valence-electron chi connectivity index (χ3n) is 12.0. The molecule has 0 N–H and O–H groups in total. The standard InChI is InChI=1S/C57H37N5/c1-4-16-39(17-5-1)55-58-56(40-18-6-2-7-19-40)60-57(59-55)43-21-14-20-41(36-43)42-32-35-53-50(37-42)48-25-11-12-28-51(48)61(53)45-33-30-38(31-34-45)46-26-15-27-49-47-24-10-13-29-52(47)62(54(46)49)44-22-8-3-9-23-44/h1-37H. The van der Waals surface area contributed by atoms with E-state index in [9.17, 15) is 0 Å². The van der Waals surface area contributed by atoms with E-state index in [0.29, 0.717) is 17.5 Å². The number of fused-ring (bicyclic) bond motifs is 6. The van der Waals surface area contributed by atoms with Crippen LogP contribution < -0.4 is 0 Å². The zero-order valence-corrected chi connectivity index (χ0v) is 33.6. The van der Waals surface area contributed by atoms with E-state index in [2.05, 4.69) is 173 Å². The van der Waals surface area contributed by atoms with Gasteiger partial charge in [-0.2, -0.15) is 0 Å². The topological polar surface area (TPSA) is 48.5 Å². The zero-order valence-electron chi connectivity index (χ0n) is 33.6. The number of nitrogens with zero attached hydrogens (tertiary/aromatic N) is 5. The number of hydrogen-bond acceptors (Lipinski definition) is 3. The fourth-order valence-corrected chi connectivity index (χ4v) is 9.09. The minimum absolute atomic E-state index is 0.637. The fourth-order valence-electron chi connectivity index (χ4n) is 9.09. The molecular formula is C57H37N5. The lowest BCUT2D eigenvalue weighted by atomic mass is 10.0. The van der Waals surface area contributed by atoms with Crippen LogP contribution in [0.25, 0.3) is 111 Å². The average molecular weight is 792 g/mol. The minimum atomic E-state index is 0.637. The molecule has 0 saturated heterocycles. The molecule has 5 heteroatoms. The number of hydrogen-bond donors (Lipinski definition) is 0. The molecule has 0 bridgehead atoms. The summed E-state index contributed by atoms with van der Waals surface area (Å²) in [5, 5.41) is 4.90. The monoisotopic (exact) mass is 791 g/mol. The van der Waals surface area contributed by atoms with E-state index in [1.807, 2.05) is 60.7 Å². The Hall–Kier alpha value is -8.41. The summed E-state index contributed by atoms with van der Waals surface area (Å²) in [6, 6.07) is 79.4. The quantitative estimate of drug-likeness (QED) is 0.162. The first-order chi connectivity index (χ1) is 30.7. The summed E-state index contributed by atoms with van der Waals surface area (Å²) in [6.07, 6.45) is 0. The summed E-state index contributed by atoms with van der Waals surface area (Å²) in [5.41, 5.74) is 14.4. The Labute approximate surface area is 358 Å². The predicted octanol–water partition coefficient (Wildman–Crippen LogP) is 14.4. The molecule has 0 aliphatic rings. The lowest BCUT2D eigenvalue weighted by Crippen LogP contribution is -2.00. The lowest BCUT2D eigenvalue weighted by molar-refractivity contribution is 1.07. The van der Waals surface area contributed by atoms with Crippen LogP contribution in [0.1, 0.15) is 0 Å². The van der Waals surface area contributed by atoms with E-state index >= 15 is 0 Å². The molecule has 0 fully saturated rings. The zero-order chi connectivity index (χ0) is 41.0. The van der Waals surface area contributed by atoms with Gasteiger partial charge in [-0.1, -0.05) is 170 Å². The molecule has 0 atom stereocenters. The van der Waals surface area contributed by atoms with Gasteiger partial charge in [0.05, 0.1) is 22.1 Å². The Balaban J connectivity index is 0.945. The Kier molecular flexibility index (Phi) is 8.42. The Bertz CT molecular complexity index is 3550. The SMILES string of the molecule is c1ccc(-c2nc(-c3ccccc3)nc(-c3cccc(-c4ccc5c(c4)c4ccccc4n5-c4ccc(-c5cccc6c7ccccc7n(-c7ccccc7)c56)cc4)c3)n2)cc1. The molecule has 0 aliphatic heterocycles. The Morgan fingerprint density at radius 2 is 0.710 bits per heavy atom. The van der Waals surface area contributed by atoms with Crippen molar-refractivity contribution in [1.29, 1.82) is 0 Å². The van der Waals surface area contributed by atoms with Crippen molar-refractivity contribution in [2.75, 3.05) is 0 Å². The summed E-state index contributed by atoms with van der Waals surface area (Å²) < 4.78 is 4.79. The van der Waals surface area contributed by atoms with Gasteiger partial charge >= 0.3 is 0 Å². The highest BCUT2D eigenvalue weighted by molar-refractivity contribution is 6.14. The molecule has 3 heterocycles. The Morgan fingerprint density at radius 1 is 0.258 bits per heavy atom. The molecule has 12 rings (SSSR count). The van der Waals surface area contributed by atoms with Crippen molar-refractivity contribution in [2.45, 2.75) is 0 Å². The third-order valence-corrected chi connectivity index (χ3v) is 12.0. The molecule has 3 aromatic heterocycles. The molecule has 5 nitrogen and oxygen atoms in total. The van der Waals surface area contributed by atoms with Crippen molar-refractivity contribution < 1.29 is 0 Å². The third kappa shape index (κ3) is 5.98. The summed E-state index contributed by atoms with van der Waals surface area (Å²) in [6.45, 7) is 0. The van der Waals surface area contributed by atoms with Gasteiger partial charge < -0.3 is 9.13 Å². The van der Waals surface area contributed by atoms with E-state index < -0.39 is 0 Å². The molecule has 12 aromatic rings. The maximum Gasteiger partial charge on any atom is 0.164 e. The van der Waals surface area contributed by atoms with Crippen LogP contribution in [-0.4, -0.2) is 24.1 Å². The molecule has 9 aromatic carbocycles. The van der Waals surface area contributed by atoms with E-state index in [4.69, 9.17) is 15.0 Å². The molecule has 0 saturated carbocycles. The van der Waals surface area contributed by atoms with Gasteiger partial charge in [0.2, 0.25) is 0 Å². The van der Waals surface area contributed by atoms with Crippen molar-refractivity contribution in [2.24, 2.45) is 0 Å². The van der Waals surface area contributed by atoms with Gasteiger partial charge in [-0.25, -0.2) is 15.0 Å². The fraction of sp³-hybridized carbons (Fsp3) is 0. The van der Waals surface area contributed by atoms with Crippen LogP contribution in [0.2, 0.25) is 0 Å². The predicted molar refractivity (Wildman–Crippen MR) is 256 cm³/mol. The summed E-state index contributed by atoms with van der Waals surface area (Å²) in [5.74, 6) is 1.93. The molecule has 62 heavy (non-hydrogen) atoms. The smallest absolute Gasteiger partial charge is 0.164 e. The summed E-state index contributed by atoms with van der Waals surface area (Å²) in [7, 11) is 0. The van der Waals surface area contributed by atoms with Crippen LogP contribution in [-0.2, 0) is 0 Å². The Morgan fingerprint density at radius 3 is 1.39 bits per heavy atom. The minimum Gasteiger partial charge on any atom is -0.309 e. The van der Waals surface area contributed by atoms with Crippen molar-refractivity contribution in [3.05, 3.63) is 224 Å². The first-order valence-corrected chi connectivity index (χ1v) is 20.9. The second-order valence-corrected chi connectivity index (χ2v) is 15.6. The molecule has 290 valence electrons. The highest BCUT2D eigenvalue weighted by atomic mass is 15.0. The van der Waals surface area contributed by atoms with Crippen molar-refractivity contribution >= 4 is 43.6 Å². The van der Waals surface area contributed by atoms with Crippen LogP contribution >= 0.6 is 0 Å². The van der Waals surface area contributed by atoms with Crippen molar-refractivity contribution in [3.63, 3.8) is 0 Å². The van der Waals surface area contributed by atoms with E-state index in [0.717, 1.165) is 44.7 Å². The largest absolute Gasteiger partial charge is 0.309 e. The van der Waals surface area contributed by atoms with Gasteiger partial charge in [0.25, 0.3) is 0 Å². The van der Waals surface area contributed by atoms with Gasteiger partial charge in [0.1, 0.15) is 0 Å². The average Bonchev–Trinajstić information content (AvgIpc) is 3.88. The lowest BCUT2D eigenvalue weighted by Gasteiger charge is -2.13. The van der Waals surface area contributed by atoms with Crippen molar-refractivity contribution in [1.82, 2.24) is 24.1 Å². The first-order valence-electron chi connectivity index (χ1n) is 20.9. The number of aromatic nitrogens is 5. The molecule has 0 aliphatic carbocycles. The van der Waals surface area contributed by atoms with Gasteiger partial charge in [-0.3, -0.25) is 0 Å². The van der Waals surface area contributed by atoms with Gasteiger partial charge in [0, 0.05) is 55.2 Å². The summed E-state index contributed by atoms with van der Waals surface area (Å²) in [4.78, 5) is 14.9. The normalized spacial score (nSPS) is 11.5. The maximum absolute atomic E-state index is 5.00. The van der Waals surface area contributed by atoms with E-state index in [1.165, 1.54) is 49.2 Å². The van der Waals surface area contributed by atoms with Gasteiger partial charge in [0.15, 0.2) is 17.5 Å². The second kappa shape index (κ2) is 14.7. The van der Waals surface area contributed by atoms with E-state index in [1.54, 1.807) is 0 Å². The van der Waals surface area contributed by atoms with Crippen LogP contribution in [0.4, 0.5) is 0 Å². The summed E-state index contributed by atoms with van der Waals surface area (Å²) >= 11 is 0. The van der Waals surface area contributed by atoms with Gasteiger partial charge in [-0.15, -0.1) is 0 Å². The van der Waals surface area contributed by atoms with Crippen LogP contribution in [0.5, 0.6) is 0 Å². The molecule has 0 radical (unpaired) electrons. The number of benzene rings is 9. The van der Waals surface area contributed by atoms with E-state index in [-0.39, 0.29) is 0 Å². The molecule has 0 spiro atoms. The van der Waals surface area contributed by atoms with Crippen molar-refractivity contribution in [3.8, 4) is 67.8 Å².